The van der Waals surface area contributed by atoms with Gasteiger partial charge in [-0.2, -0.15) is 0 Å². The highest BCUT2D eigenvalue weighted by Crippen LogP contribution is 2.26. The summed E-state index contributed by atoms with van der Waals surface area (Å²) in [5.41, 5.74) is 0.179. The molecule has 1 fully saturated rings. The van der Waals surface area contributed by atoms with Crippen LogP contribution in [0.5, 0.6) is 0 Å². The number of ether oxygens (including phenoxy) is 3. The Hall–Kier alpha value is -0.120. The SMILES string of the molecule is CC(C)(C)COCCO[C@@H]1CCC[C@@H](OC(C)(C)C)C1. The molecule has 2 atom stereocenters. The summed E-state index contributed by atoms with van der Waals surface area (Å²) in [6.45, 7) is 15.1. The molecule has 20 heavy (non-hydrogen) atoms. The first-order valence-electron chi connectivity index (χ1n) is 8.03. The molecule has 0 radical (unpaired) electrons. The van der Waals surface area contributed by atoms with Gasteiger partial charge in [0.05, 0.1) is 37.6 Å². The van der Waals surface area contributed by atoms with Gasteiger partial charge < -0.3 is 14.2 Å². The standard InChI is InChI=1S/C17H34O3/c1-16(2,3)13-18-10-11-19-14-8-7-9-15(12-14)20-17(4,5)6/h14-15H,7-13H2,1-6H3/t14-,15-/m1/s1. The molecule has 1 saturated carbocycles. The zero-order chi connectivity index (χ0) is 15.2. The number of rotatable bonds is 6. The topological polar surface area (TPSA) is 27.7 Å². The van der Waals surface area contributed by atoms with Crippen molar-refractivity contribution < 1.29 is 14.2 Å². The van der Waals surface area contributed by atoms with Gasteiger partial charge in [-0.05, 0) is 51.9 Å². The van der Waals surface area contributed by atoms with Crippen molar-refractivity contribution in [1.29, 1.82) is 0 Å². The van der Waals surface area contributed by atoms with Crippen LogP contribution in [0.25, 0.3) is 0 Å². The summed E-state index contributed by atoms with van der Waals surface area (Å²) < 4.78 is 17.6. The van der Waals surface area contributed by atoms with Crippen molar-refractivity contribution in [2.24, 2.45) is 5.41 Å². The molecule has 0 spiro atoms. The monoisotopic (exact) mass is 286 g/mol. The summed E-state index contributed by atoms with van der Waals surface area (Å²) in [5, 5.41) is 0. The van der Waals surface area contributed by atoms with Crippen LogP contribution in [-0.2, 0) is 14.2 Å². The van der Waals surface area contributed by atoms with E-state index in [1.165, 1.54) is 6.42 Å². The third-order valence-corrected chi connectivity index (χ3v) is 3.21. The first-order chi connectivity index (χ1) is 9.16. The van der Waals surface area contributed by atoms with E-state index in [9.17, 15) is 0 Å². The summed E-state index contributed by atoms with van der Waals surface area (Å²) in [6.07, 6.45) is 5.24. The Morgan fingerprint density at radius 1 is 0.900 bits per heavy atom. The van der Waals surface area contributed by atoms with Gasteiger partial charge in [-0.15, -0.1) is 0 Å². The number of hydrogen-bond acceptors (Lipinski definition) is 3. The first-order valence-corrected chi connectivity index (χ1v) is 8.03. The zero-order valence-corrected chi connectivity index (χ0v) is 14.3. The van der Waals surface area contributed by atoms with Gasteiger partial charge in [0.1, 0.15) is 0 Å². The average molecular weight is 286 g/mol. The van der Waals surface area contributed by atoms with Crippen molar-refractivity contribution in [2.45, 2.75) is 85.0 Å². The Kier molecular flexibility index (Phi) is 6.96. The summed E-state index contributed by atoms with van der Waals surface area (Å²) in [5.74, 6) is 0. The van der Waals surface area contributed by atoms with E-state index >= 15 is 0 Å². The Morgan fingerprint density at radius 3 is 2.15 bits per heavy atom. The lowest BCUT2D eigenvalue weighted by Crippen LogP contribution is -2.34. The normalized spacial score (nSPS) is 24.9. The molecule has 0 amide bonds. The van der Waals surface area contributed by atoms with Crippen LogP contribution in [0.1, 0.15) is 67.2 Å². The molecule has 0 aliphatic heterocycles. The molecule has 0 unspecified atom stereocenters. The van der Waals surface area contributed by atoms with Crippen molar-refractivity contribution >= 4 is 0 Å². The van der Waals surface area contributed by atoms with Gasteiger partial charge in [-0.1, -0.05) is 20.8 Å². The van der Waals surface area contributed by atoms with Crippen LogP contribution in [0.3, 0.4) is 0 Å². The fraction of sp³-hybridized carbons (Fsp3) is 1.00. The van der Waals surface area contributed by atoms with E-state index < -0.39 is 0 Å². The molecule has 1 aliphatic rings. The second-order valence-corrected chi connectivity index (χ2v) is 8.12. The predicted molar refractivity (Wildman–Crippen MR) is 83.1 cm³/mol. The molecule has 3 nitrogen and oxygen atoms in total. The van der Waals surface area contributed by atoms with Crippen LogP contribution in [-0.4, -0.2) is 37.6 Å². The first kappa shape index (κ1) is 17.9. The lowest BCUT2D eigenvalue weighted by atomic mass is 9.94. The fourth-order valence-corrected chi connectivity index (χ4v) is 2.51. The molecular weight excluding hydrogens is 252 g/mol. The van der Waals surface area contributed by atoms with Gasteiger partial charge in [-0.25, -0.2) is 0 Å². The molecule has 0 aromatic rings. The molecule has 1 rings (SSSR count). The van der Waals surface area contributed by atoms with Crippen LogP contribution >= 0.6 is 0 Å². The molecule has 3 heteroatoms. The van der Waals surface area contributed by atoms with Crippen LogP contribution in [0.15, 0.2) is 0 Å². The van der Waals surface area contributed by atoms with Gasteiger partial charge in [0.25, 0.3) is 0 Å². The minimum absolute atomic E-state index is 0.0532. The van der Waals surface area contributed by atoms with Crippen molar-refractivity contribution in [1.82, 2.24) is 0 Å². The Balaban J connectivity index is 2.14. The maximum atomic E-state index is 6.07. The van der Waals surface area contributed by atoms with Crippen LogP contribution in [0.4, 0.5) is 0 Å². The van der Waals surface area contributed by atoms with Crippen LogP contribution in [0.2, 0.25) is 0 Å². The van der Waals surface area contributed by atoms with E-state index in [0.717, 1.165) is 25.9 Å². The maximum absolute atomic E-state index is 6.07. The highest BCUT2D eigenvalue weighted by atomic mass is 16.5. The van der Waals surface area contributed by atoms with E-state index in [-0.39, 0.29) is 11.0 Å². The summed E-state index contributed by atoms with van der Waals surface area (Å²) >= 11 is 0. The Morgan fingerprint density at radius 2 is 1.55 bits per heavy atom. The quantitative estimate of drug-likeness (QED) is 0.685. The molecule has 0 aromatic carbocycles. The summed E-state index contributed by atoms with van der Waals surface area (Å²) in [7, 11) is 0. The second kappa shape index (κ2) is 7.77. The smallest absolute Gasteiger partial charge is 0.0704 e. The maximum Gasteiger partial charge on any atom is 0.0704 e. The van der Waals surface area contributed by atoms with Crippen molar-refractivity contribution in [3.63, 3.8) is 0 Å². The second-order valence-electron chi connectivity index (χ2n) is 8.12. The highest BCUT2D eigenvalue weighted by Gasteiger charge is 2.26. The van der Waals surface area contributed by atoms with Crippen LogP contribution in [0, 0.1) is 5.41 Å². The Bertz CT molecular complexity index is 262. The van der Waals surface area contributed by atoms with Gasteiger partial charge in [0.15, 0.2) is 0 Å². The molecule has 1 aliphatic carbocycles. The molecule has 0 saturated heterocycles. The fourth-order valence-electron chi connectivity index (χ4n) is 2.51. The molecule has 0 N–H and O–H groups in total. The highest BCUT2D eigenvalue weighted by molar-refractivity contribution is 4.76. The van der Waals surface area contributed by atoms with Gasteiger partial charge >= 0.3 is 0 Å². The zero-order valence-electron chi connectivity index (χ0n) is 14.3. The minimum Gasteiger partial charge on any atom is -0.379 e. The van der Waals surface area contributed by atoms with E-state index in [4.69, 9.17) is 14.2 Å². The Labute approximate surface area is 125 Å². The van der Waals surface area contributed by atoms with E-state index in [2.05, 4.69) is 41.5 Å². The van der Waals surface area contributed by atoms with Gasteiger partial charge in [0, 0.05) is 0 Å². The third-order valence-electron chi connectivity index (χ3n) is 3.21. The lowest BCUT2D eigenvalue weighted by molar-refractivity contribution is -0.107. The van der Waals surface area contributed by atoms with Crippen molar-refractivity contribution in [2.75, 3.05) is 19.8 Å². The predicted octanol–water partition coefficient (Wildman–Crippen LogP) is 4.19. The summed E-state index contributed by atoms with van der Waals surface area (Å²) in [4.78, 5) is 0. The lowest BCUT2D eigenvalue weighted by Gasteiger charge is -2.34. The average Bonchev–Trinajstić information content (AvgIpc) is 2.25. The van der Waals surface area contributed by atoms with E-state index in [1.54, 1.807) is 0 Å². The molecule has 0 heterocycles. The minimum atomic E-state index is -0.0532. The molecule has 0 bridgehead atoms. The van der Waals surface area contributed by atoms with E-state index in [1.807, 2.05) is 0 Å². The largest absolute Gasteiger partial charge is 0.379 e. The van der Waals surface area contributed by atoms with Gasteiger partial charge in [0.2, 0.25) is 0 Å². The van der Waals surface area contributed by atoms with Crippen molar-refractivity contribution in [3.8, 4) is 0 Å². The van der Waals surface area contributed by atoms with Crippen LogP contribution < -0.4 is 0 Å². The molecular formula is C17H34O3. The summed E-state index contributed by atoms with van der Waals surface area (Å²) in [6, 6.07) is 0. The third kappa shape index (κ3) is 8.93. The van der Waals surface area contributed by atoms with E-state index in [0.29, 0.717) is 25.4 Å². The molecule has 0 aromatic heterocycles. The van der Waals surface area contributed by atoms with Gasteiger partial charge in [-0.3, -0.25) is 0 Å². The molecule has 120 valence electrons. The van der Waals surface area contributed by atoms with Crippen molar-refractivity contribution in [3.05, 3.63) is 0 Å². The number of hydrogen-bond donors (Lipinski definition) is 0.